The fourth-order valence-electron chi connectivity index (χ4n) is 1.08. The van der Waals surface area contributed by atoms with Crippen LogP contribution < -0.4 is 0 Å². The van der Waals surface area contributed by atoms with Gasteiger partial charge in [-0.3, -0.25) is 0 Å². The lowest BCUT2D eigenvalue weighted by Crippen LogP contribution is -2.42. The van der Waals surface area contributed by atoms with E-state index in [-0.39, 0.29) is 11.4 Å². The van der Waals surface area contributed by atoms with Gasteiger partial charge in [-0.2, -0.15) is 12.6 Å². The first-order chi connectivity index (χ1) is 4.20. The Kier molecular flexibility index (Phi) is 2.38. The Morgan fingerprint density at radius 3 is 2.78 bits per heavy atom. The van der Waals surface area contributed by atoms with Crippen LogP contribution in [-0.4, -0.2) is 41.5 Å². The third kappa shape index (κ3) is 1.85. The Labute approximate surface area is 61.3 Å². The number of aliphatic hydroxyl groups is 1. The average molecular weight is 147 g/mol. The molecule has 0 bridgehead atoms. The van der Waals surface area contributed by atoms with Gasteiger partial charge in [-0.05, 0) is 20.0 Å². The van der Waals surface area contributed by atoms with Gasteiger partial charge in [0, 0.05) is 11.8 Å². The lowest BCUT2D eigenvalue weighted by atomic mass is 10.1. The third-order valence-corrected chi connectivity index (χ3v) is 2.35. The van der Waals surface area contributed by atoms with Gasteiger partial charge in [-0.25, -0.2) is 0 Å². The summed E-state index contributed by atoms with van der Waals surface area (Å²) in [6.45, 7) is 1.83. The van der Waals surface area contributed by atoms with E-state index >= 15 is 0 Å². The molecule has 0 spiro atoms. The minimum Gasteiger partial charge on any atom is -0.391 e. The van der Waals surface area contributed by atoms with Gasteiger partial charge in [-0.15, -0.1) is 0 Å². The van der Waals surface area contributed by atoms with Crippen LogP contribution in [0, 0.1) is 0 Å². The van der Waals surface area contributed by atoms with Gasteiger partial charge in [0.1, 0.15) is 0 Å². The fraction of sp³-hybridized carbons (Fsp3) is 1.00. The van der Waals surface area contributed by atoms with Gasteiger partial charge < -0.3 is 10.0 Å². The van der Waals surface area contributed by atoms with Crippen LogP contribution in [0.3, 0.4) is 0 Å². The molecule has 1 N–H and O–H groups in total. The highest BCUT2D eigenvalue weighted by Crippen LogP contribution is 2.13. The topological polar surface area (TPSA) is 23.5 Å². The first kappa shape index (κ1) is 7.38. The van der Waals surface area contributed by atoms with E-state index < -0.39 is 0 Å². The van der Waals surface area contributed by atoms with Crippen LogP contribution in [0.5, 0.6) is 0 Å². The summed E-state index contributed by atoms with van der Waals surface area (Å²) in [5, 5.41) is 9.43. The molecule has 0 radical (unpaired) electrons. The summed E-state index contributed by atoms with van der Waals surface area (Å²) in [7, 11) is 2.02. The smallest absolute Gasteiger partial charge is 0.0783 e. The molecule has 1 aliphatic rings. The minimum absolute atomic E-state index is 0.196. The maximum Gasteiger partial charge on any atom is 0.0783 e. The van der Waals surface area contributed by atoms with E-state index in [9.17, 15) is 5.11 Å². The van der Waals surface area contributed by atoms with Gasteiger partial charge in [0.2, 0.25) is 0 Å². The van der Waals surface area contributed by atoms with Crippen molar-refractivity contribution in [2.24, 2.45) is 0 Å². The molecule has 0 saturated carbocycles. The first-order valence-electron chi connectivity index (χ1n) is 3.25. The first-order valence-corrected chi connectivity index (χ1v) is 3.76. The van der Waals surface area contributed by atoms with Crippen molar-refractivity contribution in [1.29, 1.82) is 0 Å². The molecular weight excluding hydrogens is 134 g/mol. The van der Waals surface area contributed by atoms with Crippen LogP contribution in [0.15, 0.2) is 0 Å². The molecule has 0 aromatic carbocycles. The van der Waals surface area contributed by atoms with Crippen molar-refractivity contribution in [1.82, 2.24) is 4.90 Å². The van der Waals surface area contributed by atoms with Gasteiger partial charge >= 0.3 is 0 Å². The molecule has 1 heterocycles. The second-order valence-corrected chi connectivity index (χ2v) is 3.35. The summed E-state index contributed by atoms with van der Waals surface area (Å²) in [5.41, 5.74) is 0. The molecule has 1 fully saturated rings. The molecule has 54 valence electrons. The zero-order chi connectivity index (χ0) is 6.85. The standard InChI is InChI=1S/C6H13NOS/c1-7-3-2-6(9)5(8)4-7/h5-6,8-9H,2-4H2,1H3/t5?,6-/m0/s1. The van der Waals surface area contributed by atoms with Crippen molar-refractivity contribution >= 4 is 12.6 Å². The number of likely N-dealkylation sites (tertiary alicyclic amines) is 1. The van der Waals surface area contributed by atoms with E-state index in [2.05, 4.69) is 17.5 Å². The monoisotopic (exact) mass is 147 g/mol. The number of rotatable bonds is 0. The average Bonchev–Trinajstić information content (AvgIpc) is 1.80. The molecule has 0 amide bonds. The summed E-state index contributed by atoms with van der Waals surface area (Å²) in [4.78, 5) is 2.12. The summed E-state index contributed by atoms with van der Waals surface area (Å²) in [5.74, 6) is 0. The molecule has 1 unspecified atom stereocenters. The van der Waals surface area contributed by atoms with Gasteiger partial charge in [0.15, 0.2) is 0 Å². The highest BCUT2D eigenvalue weighted by molar-refractivity contribution is 7.81. The van der Waals surface area contributed by atoms with Crippen LogP contribution in [0.4, 0.5) is 0 Å². The SMILES string of the molecule is CN1CC[C@H](S)C(O)C1. The second-order valence-electron chi connectivity index (χ2n) is 2.69. The van der Waals surface area contributed by atoms with Gasteiger partial charge in [0.25, 0.3) is 0 Å². The van der Waals surface area contributed by atoms with Crippen molar-refractivity contribution in [3.8, 4) is 0 Å². The second kappa shape index (κ2) is 2.90. The predicted octanol–water partition coefficient (Wildman–Crippen LogP) is -0.0188. The van der Waals surface area contributed by atoms with Crippen LogP contribution >= 0.6 is 12.6 Å². The van der Waals surface area contributed by atoms with E-state index in [1.807, 2.05) is 7.05 Å². The summed E-state index contributed by atoms with van der Waals surface area (Å²) in [6.07, 6.45) is 0.771. The number of nitrogens with zero attached hydrogens (tertiary/aromatic N) is 1. The normalized spacial score (nSPS) is 39.0. The van der Waals surface area contributed by atoms with E-state index in [1.165, 1.54) is 0 Å². The number of β-amino-alcohol motifs (C(OH)–C–C–N with tert-alkyl or cyclic N) is 1. The quantitative estimate of drug-likeness (QED) is 0.470. The van der Waals surface area contributed by atoms with Crippen LogP contribution in [0.25, 0.3) is 0 Å². The lowest BCUT2D eigenvalue weighted by molar-refractivity contribution is 0.0911. The summed E-state index contributed by atoms with van der Waals surface area (Å²) >= 11 is 4.22. The Bertz CT molecular complexity index is 99.1. The maximum absolute atomic E-state index is 9.23. The molecule has 1 rings (SSSR count). The highest BCUT2D eigenvalue weighted by Gasteiger charge is 2.21. The van der Waals surface area contributed by atoms with Crippen LogP contribution in [0.2, 0.25) is 0 Å². The number of piperidine rings is 1. The zero-order valence-corrected chi connectivity index (χ0v) is 6.51. The number of aliphatic hydroxyl groups excluding tert-OH is 1. The number of thiol groups is 1. The molecule has 0 aliphatic carbocycles. The molecule has 0 aromatic heterocycles. The Morgan fingerprint density at radius 2 is 2.33 bits per heavy atom. The van der Waals surface area contributed by atoms with Crippen molar-refractivity contribution < 1.29 is 5.11 Å². The molecule has 2 nitrogen and oxygen atoms in total. The van der Waals surface area contributed by atoms with Crippen LogP contribution in [-0.2, 0) is 0 Å². The van der Waals surface area contributed by atoms with Crippen molar-refractivity contribution in [3.05, 3.63) is 0 Å². The van der Waals surface area contributed by atoms with Crippen molar-refractivity contribution in [2.75, 3.05) is 20.1 Å². The lowest BCUT2D eigenvalue weighted by Gasteiger charge is -2.30. The largest absolute Gasteiger partial charge is 0.391 e. The highest BCUT2D eigenvalue weighted by atomic mass is 32.1. The molecule has 0 aromatic rings. The molecule has 1 saturated heterocycles. The molecule has 9 heavy (non-hydrogen) atoms. The number of likely N-dealkylation sites (N-methyl/N-ethyl adjacent to an activating group) is 1. The molecular formula is C6H13NOS. The Balaban J connectivity index is 2.35. The van der Waals surface area contributed by atoms with E-state index in [4.69, 9.17) is 0 Å². The minimum atomic E-state index is -0.230. The van der Waals surface area contributed by atoms with Crippen molar-refractivity contribution in [3.63, 3.8) is 0 Å². The third-order valence-electron chi connectivity index (χ3n) is 1.75. The summed E-state index contributed by atoms with van der Waals surface area (Å²) < 4.78 is 0. The maximum atomic E-state index is 9.23. The van der Waals surface area contributed by atoms with E-state index in [1.54, 1.807) is 0 Å². The molecule has 2 atom stereocenters. The fourth-order valence-corrected chi connectivity index (χ4v) is 1.29. The Hall–Kier alpha value is 0.270. The van der Waals surface area contributed by atoms with Crippen LogP contribution in [0.1, 0.15) is 6.42 Å². The van der Waals surface area contributed by atoms with Crippen molar-refractivity contribution in [2.45, 2.75) is 17.8 Å². The summed E-state index contributed by atoms with van der Waals surface area (Å²) in [6, 6.07) is 0. The predicted molar refractivity (Wildman–Crippen MR) is 40.9 cm³/mol. The van der Waals surface area contributed by atoms with E-state index in [0.29, 0.717) is 0 Å². The van der Waals surface area contributed by atoms with E-state index in [0.717, 1.165) is 19.5 Å². The number of hydrogen-bond acceptors (Lipinski definition) is 3. The molecule has 3 heteroatoms. The number of hydrogen-bond donors (Lipinski definition) is 2. The zero-order valence-electron chi connectivity index (χ0n) is 5.62. The van der Waals surface area contributed by atoms with Gasteiger partial charge in [0.05, 0.1) is 6.10 Å². The Morgan fingerprint density at radius 1 is 1.67 bits per heavy atom. The van der Waals surface area contributed by atoms with Gasteiger partial charge in [-0.1, -0.05) is 0 Å². The molecule has 1 aliphatic heterocycles.